The van der Waals surface area contributed by atoms with Crippen molar-refractivity contribution in [2.45, 2.75) is 44.7 Å². The van der Waals surface area contributed by atoms with Gasteiger partial charge in [0.1, 0.15) is 40.9 Å². The first-order valence-corrected chi connectivity index (χ1v) is 14.2. The summed E-state index contributed by atoms with van der Waals surface area (Å²) in [6, 6.07) is 23.1. The van der Waals surface area contributed by atoms with Gasteiger partial charge in [0.25, 0.3) is 0 Å². The van der Waals surface area contributed by atoms with Crippen LogP contribution in [0.3, 0.4) is 0 Å². The highest BCUT2D eigenvalue weighted by molar-refractivity contribution is 7.99. The van der Waals surface area contributed by atoms with Crippen LogP contribution in [0, 0.1) is 29.6 Å². The van der Waals surface area contributed by atoms with Gasteiger partial charge in [-0.2, -0.15) is 10.5 Å². The second-order valence-corrected chi connectivity index (χ2v) is 10.2. The molecule has 8 nitrogen and oxygen atoms in total. The van der Waals surface area contributed by atoms with Crippen molar-refractivity contribution in [3.8, 4) is 17.9 Å². The smallest absolute Gasteiger partial charge is 0.338 e. The maximum absolute atomic E-state index is 13.4. The number of esters is 1. The molecule has 0 saturated carbocycles. The lowest BCUT2D eigenvalue weighted by Crippen LogP contribution is -2.27. The number of aryl methyl sites for hydroxylation is 2. The van der Waals surface area contributed by atoms with Gasteiger partial charge < -0.3 is 19.9 Å². The number of nitrogens with zero attached hydrogens (tertiary/aromatic N) is 3. The van der Waals surface area contributed by atoms with Crippen LogP contribution in [0.5, 0.6) is 5.75 Å². The molecule has 0 fully saturated rings. The third-order valence-electron chi connectivity index (χ3n) is 6.51. The summed E-state index contributed by atoms with van der Waals surface area (Å²) in [5.74, 6) is -0.588. The topological polar surface area (TPSA) is 131 Å². The van der Waals surface area contributed by atoms with Gasteiger partial charge in [-0.1, -0.05) is 61.2 Å². The number of ether oxygens (including phenoxy) is 3. The number of allylic oxidation sites excluding steroid dienone is 1. The number of aromatic nitrogens is 1. The molecule has 0 aliphatic carbocycles. The number of nitriles is 2. The fourth-order valence-corrected chi connectivity index (χ4v) is 5.45. The summed E-state index contributed by atoms with van der Waals surface area (Å²) >= 11 is 1.26. The molecule has 2 heterocycles. The number of hydrogen-bond donors (Lipinski definition) is 1. The molecule has 2 N–H and O–H groups in total. The molecule has 208 valence electrons. The van der Waals surface area contributed by atoms with E-state index < -0.39 is 11.9 Å². The summed E-state index contributed by atoms with van der Waals surface area (Å²) in [6.07, 6.45) is 0.713. The molecule has 0 amide bonds. The van der Waals surface area contributed by atoms with Crippen LogP contribution >= 0.6 is 11.8 Å². The van der Waals surface area contributed by atoms with Gasteiger partial charge in [0.05, 0.1) is 29.4 Å². The number of thioether (sulfide) groups is 1. The van der Waals surface area contributed by atoms with Gasteiger partial charge in [-0.05, 0) is 55.2 Å². The zero-order valence-electron chi connectivity index (χ0n) is 23.1. The minimum atomic E-state index is -0.837. The first-order chi connectivity index (χ1) is 19.9. The van der Waals surface area contributed by atoms with Gasteiger partial charge in [0, 0.05) is 5.69 Å². The fourth-order valence-electron chi connectivity index (χ4n) is 4.53. The lowest BCUT2D eigenvalue weighted by Gasteiger charge is -2.28. The highest BCUT2D eigenvalue weighted by Gasteiger charge is 2.38. The van der Waals surface area contributed by atoms with Crippen molar-refractivity contribution in [2.75, 3.05) is 12.4 Å². The van der Waals surface area contributed by atoms with Gasteiger partial charge in [0.15, 0.2) is 0 Å². The van der Waals surface area contributed by atoms with E-state index in [4.69, 9.17) is 19.9 Å². The van der Waals surface area contributed by atoms with Crippen molar-refractivity contribution in [1.82, 2.24) is 4.98 Å². The van der Waals surface area contributed by atoms with E-state index >= 15 is 0 Å². The SMILES string of the molecule is CCOC(=O)C1=C(CSc2nc(CC)c(C)cc2C#N)OC(N)=C(C#N)C1c1cccc(OCc2ccccc2)c1. The van der Waals surface area contributed by atoms with E-state index in [-0.39, 0.29) is 35.1 Å². The van der Waals surface area contributed by atoms with E-state index in [9.17, 15) is 15.3 Å². The normalized spacial score (nSPS) is 14.6. The predicted molar refractivity (Wildman–Crippen MR) is 155 cm³/mol. The maximum Gasteiger partial charge on any atom is 0.338 e. The molecular formula is C32H30N4O4S. The summed E-state index contributed by atoms with van der Waals surface area (Å²) in [5.41, 5.74) is 10.4. The van der Waals surface area contributed by atoms with Crippen molar-refractivity contribution >= 4 is 17.7 Å². The van der Waals surface area contributed by atoms with Crippen LogP contribution in [0.25, 0.3) is 0 Å². The Balaban J connectivity index is 1.73. The maximum atomic E-state index is 13.4. The number of hydrogen-bond acceptors (Lipinski definition) is 9. The summed E-state index contributed by atoms with van der Waals surface area (Å²) in [4.78, 5) is 18.1. The summed E-state index contributed by atoms with van der Waals surface area (Å²) in [6.45, 7) is 6.12. The van der Waals surface area contributed by atoms with Crippen LogP contribution < -0.4 is 10.5 Å². The highest BCUT2D eigenvalue weighted by Crippen LogP contribution is 2.42. The predicted octanol–water partition coefficient (Wildman–Crippen LogP) is 5.82. The van der Waals surface area contributed by atoms with E-state index in [0.717, 1.165) is 16.8 Å². The Labute approximate surface area is 244 Å². The second-order valence-electron chi connectivity index (χ2n) is 9.19. The molecule has 4 rings (SSSR count). The molecule has 0 saturated heterocycles. The average Bonchev–Trinajstić information content (AvgIpc) is 2.99. The number of rotatable bonds is 10. The van der Waals surface area contributed by atoms with Crippen molar-refractivity contribution in [3.05, 3.63) is 111 Å². The summed E-state index contributed by atoms with van der Waals surface area (Å²) in [5, 5.41) is 20.3. The first-order valence-electron chi connectivity index (χ1n) is 13.2. The number of benzene rings is 2. The van der Waals surface area contributed by atoms with Crippen molar-refractivity contribution in [1.29, 1.82) is 10.5 Å². The van der Waals surface area contributed by atoms with Crippen LogP contribution in [0.1, 0.15) is 47.7 Å². The first kappa shape index (κ1) is 29.3. The monoisotopic (exact) mass is 566 g/mol. The number of pyridine rings is 1. The van der Waals surface area contributed by atoms with Crippen LogP contribution in [0.4, 0.5) is 0 Å². The summed E-state index contributed by atoms with van der Waals surface area (Å²) < 4.78 is 17.3. The van der Waals surface area contributed by atoms with Gasteiger partial charge in [0.2, 0.25) is 5.88 Å². The standard InChI is InChI=1S/C32H30N4O4S/c1-4-26-20(3)14-23(16-33)31(36-26)41-19-27-29(32(37)38-5-2)28(25(17-34)30(35)40-27)22-12-9-13-24(15-22)39-18-21-10-7-6-8-11-21/h6-15,28H,4-5,18-19,35H2,1-3H3. The van der Waals surface area contributed by atoms with E-state index in [2.05, 4.69) is 17.1 Å². The molecule has 0 radical (unpaired) electrons. The number of carbonyl (C=O) groups is 1. The second kappa shape index (κ2) is 13.6. The van der Waals surface area contributed by atoms with Crippen molar-refractivity contribution in [3.63, 3.8) is 0 Å². The van der Waals surface area contributed by atoms with Crippen molar-refractivity contribution < 1.29 is 19.0 Å². The summed E-state index contributed by atoms with van der Waals surface area (Å²) in [7, 11) is 0. The Kier molecular flexibility index (Phi) is 9.68. The molecule has 1 atom stereocenters. The minimum absolute atomic E-state index is 0.0941. The van der Waals surface area contributed by atoms with E-state index in [0.29, 0.717) is 34.9 Å². The Morgan fingerprint density at radius 2 is 1.88 bits per heavy atom. The van der Waals surface area contributed by atoms with Gasteiger partial charge in [-0.3, -0.25) is 0 Å². The minimum Gasteiger partial charge on any atom is -0.489 e. The Morgan fingerprint density at radius 3 is 2.56 bits per heavy atom. The van der Waals surface area contributed by atoms with E-state index in [1.165, 1.54) is 11.8 Å². The van der Waals surface area contributed by atoms with Crippen LogP contribution in [-0.2, 0) is 27.3 Å². The molecule has 9 heteroatoms. The van der Waals surface area contributed by atoms with Gasteiger partial charge in [-0.25, -0.2) is 9.78 Å². The molecule has 1 aliphatic heterocycles. The lowest BCUT2D eigenvalue weighted by molar-refractivity contribution is -0.139. The highest BCUT2D eigenvalue weighted by atomic mass is 32.2. The van der Waals surface area contributed by atoms with Crippen LogP contribution in [0.15, 0.2) is 88.5 Å². The van der Waals surface area contributed by atoms with E-state index in [1.54, 1.807) is 19.1 Å². The third-order valence-corrected chi connectivity index (χ3v) is 7.50. The van der Waals surface area contributed by atoms with Crippen LogP contribution in [0.2, 0.25) is 0 Å². The van der Waals surface area contributed by atoms with Gasteiger partial charge in [-0.15, -0.1) is 0 Å². The Bertz CT molecular complexity index is 1590. The quantitative estimate of drug-likeness (QED) is 0.238. The molecule has 1 unspecified atom stereocenters. The lowest BCUT2D eigenvalue weighted by atomic mass is 9.83. The zero-order chi connectivity index (χ0) is 29.4. The zero-order valence-corrected chi connectivity index (χ0v) is 24.0. The Hall–Kier alpha value is -4.73. The molecule has 3 aromatic rings. The van der Waals surface area contributed by atoms with Crippen molar-refractivity contribution in [2.24, 2.45) is 5.73 Å². The number of nitrogens with two attached hydrogens (primary N) is 1. The molecule has 1 aliphatic rings. The average molecular weight is 567 g/mol. The molecule has 1 aromatic heterocycles. The Morgan fingerprint density at radius 1 is 1.10 bits per heavy atom. The number of carbonyl (C=O) groups excluding carboxylic acids is 1. The molecule has 0 spiro atoms. The van der Waals surface area contributed by atoms with Crippen LogP contribution in [-0.4, -0.2) is 23.3 Å². The largest absolute Gasteiger partial charge is 0.489 e. The molecule has 41 heavy (non-hydrogen) atoms. The molecule has 0 bridgehead atoms. The third kappa shape index (κ3) is 6.71. The molecular weight excluding hydrogens is 536 g/mol. The fraction of sp³-hybridized carbons (Fsp3) is 0.250. The molecule has 2 aromatic carbocycles. The van der Waals surface area contributed by atoms with E-state index in [1.807, 2.05) is 62.4 Å². The van der Waals surface area contributed by atoms with Gasteiger partial charge >= 0.3 is 5.97 Å².